The van der Waals surface area contributed by atoms with Gasteiger partial charge in [0.15, 0.2) is 0 Å². The Morgan fingerprint density at radius 1 is 0.767 bits per heavy atom. The van der Waals surface area contributed by atoms with Crippen LogP contribution in [-0.2, 0) is 28.9 Å². The first-order valence-corrected chi connectivity index (χ1v) is 14.1. The minimum atomic E-state index is -0.925. The molecule has 0 radical (unpaired) electrons. The van der Waals surface area contributed by atoms with Crippen molar-refractivity contribution >= 4 is 46.1 Å². The number of hydrogen-bond acceptors (Lipinski definition) is 7. The summed E-state index contributed by atoms with van der Waals surface area (Å²) in [7, 11) is 0. The van der Waals surface area contributed by atoms with Crippen molar-refractivity contribution in [3.8, 4) is 0 Å². The second kappa shape index (κ2) is 14.3. The van der Waals surface area contributed by atoms with Crippen LogP contribution in [0.4, 0.5) is 17.1 Å². The molecule has 0 aliphatic carbocycles. The van der Waals surface area contributed by atoms with Crippen molar-refractivity contribution in [2.75, 3.05) is 19.6 Å². The number of para-hydroxylation sites is 3. The smallest absolute Gasteiger partial charge is 0.870 e. The summed E-state index contributed by atoms with van der Waals surface area (Å²) in [5.74, 6) is -0.255. The van der Waals surface area contributed by atoms with Crippen LogP contribution in [-0.4, -0.2) is 70.2 Å². The molecule has 3 aromatic rings. The van der Waals surface area contributed by atoms with Crippen molar-refractivity contribution in [3.63, 3.8) is 0 Å². The molecule has 2 fully saturated rings. The van der Waals surface area contributed by atoms with Crippen molar-refractivity contribution in [1.29, 1.82) is 0 Å². The third-order valence-electron chi connectivity index (χ3n) is 8.12. The Hall–Kier alpha value is -3.47. The van der Waals surface area contributed by atoms with Gasteiger partial charge in [-0.2, -0.15) is 0 Å². The van der Waals surface area contributed by atoms with E-state index in [1.807, 2.05) is 54.6 Å². The van der Waals surface area contributed by atoms with Gasteiger partial charge in [-0.1, -0.05) is 54.6 Å². The molecule has 3 N–H and O–H groups in total. The van der Waals surface area contributed by atoms with Gasteiger partial charge < -0.3 is 20.8 Å². The Bertz CT molecular complexity index is 1600. The van der Waals surface area contributed by atoms with Gasteiger partial charge >= 0.3 is 35.5 Å². The molecule has 0 saturated carbocycles. The van der Waals surface area contributed by atoms with Gasteiger partial charge in [-0.25, -0.2) is 14.8 Å². The molecule has 9 nitrogen and oxygen atoms in total. The summed E-state index contributed by atoms with van der Waals surface area (Å²) in [6, 6.07) is 24.1. The molecule has 3 unspecified atom stereocenters. The molecule has 5 heterocycles. The molecular formula is C33H34N5NaO4. The molecule has 0 aromatic heterocycles. The predicted molar refractivity (Wildman–Crippen MR) is 163 cm³/mol. The van der Waals surface area contributed by atoms with E-state index in [1.54, 1.807) is 0 Å². The topological polar surface area (TPSA) is 137 Å². The van der Waals surface area contributed by atoms with Gasteiger partial charge in [0.25, 0.3) is 5.91 Å². The minimum absolute atomic E-state index is 0. The predicted octanol–water partition coefficient (Wildman–Crippen LogP) is 1.70. The number of rotatable bonds is 3. The number of benzene rings is 3. The van der Waals surface area contributed by atoms with Gasteiger partial charge in [-0.15, -0.1) is 0 Å². The van der Waals surface area contributed by atoms with Gasteiger partial charge in [0.2, 0.25) is 0 Å². The number of carbonyl (C=O) groups is 2. The minimum Gasteiger partial charge on any atom is -0.870 e. The fourth-order valence-electron chi connectivity index (χ4n) is 6.01. The number of fused-ring (bicyclic) bond motifs is 5. The summed E-state index contributed by atoms with van der Waals surface area (Å²) < 4.78 is 0. The van der Waals surface area contributed by atoms with Gasteiger partial charge in [0, 0.05) is 44.1 Å². The number of piperidine rings is 1. The van der Waals surface area contributed by atoms with Crippen LogP contribution >= 0.6 is 0 Å². The second-order valence-corrected chi connectivity index (χ2v) is 11.1. The average molecular weight is 588 g/mol. The zero-order chi connectivity index (χ0) is 28.3. The second-order valence-electron chi connectivity index (χ2n) is 11.1. The summed E-state index contributed by atoms with van der Waals surface area (Å²) in [6.45, 7) is 5.43. The molecule has 1 amide bonds. The summed E-state index contributed by atoms with van der Waals surface area (Å²) >= 11 is 0. The maximum absolute atomic E-state index is 12.3. The van der Waals surface area contributed by atoms with Crippen LogP contribution in [0, 0.1) is 5.92 Å². The van der Waals surface area contributed by atoms with Crippen molar-refractivity contribution in [1.82, 2.24) is 10.2 Å². The molecule has 3 atom stereocenters. The third kappa shape index (κ3) is 7.55. The molecule has 2 bridgehead atoms. The van der Waals surface area contributed by atoms with E-state index in [9.17, 15) is 9.59 Å². The number of aliphatic carboxylic acids is 1. The fourth-order valence-corrected chi connectivity index (χ4v) is 6.01. The van der Waals surface area contributed by atoms with E-state index in [-0.39, 0.29) is 46.7 Å². The third-order valence-corrected chi connectivity index (χ3v) is 8.12. The van der Waals surface area contributed by atoms with Gasteiger partial charge in [-0.05, 0) is 60.7 Å². The average Bonchev–Trinajstić information content (AvgIpc) is 3.80. The SMILES string of the molecule is CC1=Nc2ccccc2C1.O=C(NC1CN2CCC1C2)C1=Nc2ccccc2C1.O=C(O)C1=Nc2ccccc2C1.[Na+].[OH-]. The number of aliphatic imine (C=N–C) groups is 3. The van der Waals surface area contributed by atoms with Crippen LogP contribution in [0.5, 0.6) is 0 Å². The van der Waals surface area contributed by atoms with Crippen molar-refractivity contribution in [2.24, 2.45) is 20.9 Å². The summed E-state index contributed by atoms with van der Waals surface area (Å²) in [5.41, 5.74) is 8.52. The number of nitrogens with one attached hydrogen (secondary N) is 1. The molecule has 5 aliphatic heterocycles. The van der Waals surface area contributed by atoms with Crippen LogP contribution in [0.2, 0.25) is 0 Å². The molecule has 5 aliphatic rings. The van der Waals surface area contributed by atoms with E-state index >= 15 is 0 Å². The van der Waals surface area contributed by atoms with Crippen molar-refractivity contribution < 1.29 is 49.7 Å². The van der Waals surface area contributed by atoms with Gasteiger partial charge in [-0.3, -0.25) is 9.79 Å². The first kappa shape index (κ1) is 32.4. The van der Waals surface area contributed by atoms with Crippen LogP contribution in [0.1, 0.15) is 30.0 Å². The normalized spacial score (nSPS) is 21.0. The van der Waals surface area contributed by atoms with Crippen LogP contribution in [0.25, 0.3) is 0 Å². The number of hydrogen-bond donors (Lipinski definition) is 2. The summed E-state index contributed by atoms with van der Waals surface area (Å²) in [5, 5.41) is 11.8. The summed E-state index contributed by atoms with van der Waals surface area (Å²) in [6.07, 6.45) is 3.38. The summed E-state index contributed by atoms with van der Waals surface area (Å²) in [4.78, 5) is 38.0. The van der Waals surface area contributed by atoms with E-state index in [1.165, 1.54) is 24.2 Å². The monoisotopic (exact) mass is 587 g/mol. The van der Waals surface area contributed by atoms with Crippen LogP contribution < -0.4 is 34.9 Å². The van der Waals surface area contributed by atoms with E-state index in [0.29, 0.717) is 30.5 Å². The van der Waals surface area contributed by atoms with Crippen LogP contribution in [0.15, 0.2) is 87.8 Å². The number of nitrogens with zero attached hydrogens (tertiary/aromatic N) is 4. The zero-order valence-electron chi connectivity index (χ0n) is 24.5. The number of carboxylic acid groups (broad SMARTS) is 1. The molecule has 216 valence electrons. The molecule has 8 rings (SSSR count). The van der Waals surface area contributed by atoms with Gasteiger partial charge in [0.1, 0.15) is 11.4 Å². The maximum atomic E-state index is 12.3. The van der Waals surface area contributed by atoms with Crippen LogP contribution in [0.3, 0.4) is 0 Å². The van der Waals surface area contributed by atoms with Crippen molar-refractivity contribution in [3.05, 3.63) is 89.5 Å². The van der Waals surface area contributed by atoms with Crippen molar-refractivity contribution in [2.45, 2.75) is 38.6 Å². The molecule has 2 saturated heterocycles. The first-order chi connectivity index (χ1) is 19.9. The van der Waals surface area contributed by atoms with E-state index < -0.39 is 5.97 Å². The molecule has 43 heavy (non-hydrogen) atoms. The Balaban J connectivity index is 0.000000154. The quantitative estimate of drug-likeness (QED) is 0.450. The first-order valence-electron chi connectivity index (χ1n) is 14.1. The number of amides is 1. The Kier molecular flexibility index (Phi) is 10.8. The number of carboxylic acids is 1. The maximum Gasteiger partial charge on any atom is 1.00 e. The molecular weight excluding hydrogens is 553 g/mol. The largest absolute Gasteiger partial charge is 1.00 e. The van der Waals surface area contributed by atoms with E-state index in [2.05, 4.69) is 50.3 Å². The Labute approximate surface area is 273 Å². The Morgan fingerprint density at radius 3 is 1.77 bits per heavy atom. The fraction of sp³-hybridized carbons (Fsp3) is 0.303. The standard InChI is InChI=1S/C15H17N3O.C9H7NO2.C9H9N.Na.H2O/c19-15(17-14-9-18-6-5-11(14)8-18)13-7-10-3-1-2-4-12(10)16-13;11-9(12)8-5-6-3-1-2-4-7(6)10-8;1-7-6-8-4-2-3-5-9(8)10-7;;/h1-4,11,14H,5-9H2,(H,17,19);1-4H,5H2,(H,11,12);2-5H,6H2,1H3;;1H2/q;;;+1;/p-1. The van der Waals surface area contributed by atoms with E-state index in [0.717, 1.165) is 47.7 Å². The molecule has 10 heteroatoms. The number of carbonyl (C=O) groups excluding carboxylic acids is 1. The molecule has 0 spiro atoms. The Morgan fingerprint density at radius 2 is 1.28 bits per heavy atom. The molecule has 3 aromatic carbocycles. The van der Waals surface area contributed by atoms with E-state index in [4.69, 9.17) is 5.11 Å². The zero-order valence-corrected chi connectivity index (χ0v) is 26.5. The van der Waals surface area contributed by atoms with Gasteiger partial charge in [0.05, 0.1) is 17.1 Å².